The molecule has 6 nitrogen and oxygen atoms in total. The fraction of sp³-hybridized carbons (Fsp3) is 0.167. The number of carbonyl (C=O) groups is 1. The summed E-state index contributed by atoms with van der Waals surface area (Å²) in [5.74, 6) is -1.15. The molecule has 2 heterocycles. The van der Waals surface area contributed by atoms with Crippen LogP contribution in [0.5, 0.6) is 0 Å². The van der Waals surface area contributed by atoms with Crippen LogP contribution in [0.1, 0.15) is 21.1 Å². The zero-order valence-corrected chi connectivity index (χ0v) is 12.4. The van der Waals surface area contributed by atoms with Crippen LogP contribution >= 0.6 is 11.3 Å². The average molecular weight is 312 g/mol. The molecule has 0 aliphatic rings. The molecule has 2 aromatic heterocycles. The van der Waals surface area contributed by atoms with Crippen LogP contribution in [0, 0.1) is 13.8 Å². The van der Waals surface area contributed by atoms with E-state index in [1.54, 1.807) is 19.1 Å². The molecule has 0 saturated heterocycles. The van der Waals surface area contributed by atoms with Gasteiger partial charge in [0.05, 0.1) is 16.3 Å². The number of carboxylic acids is 1. The van der Waals surface area contributed by atoms with Gasteiger partial charge in [-0.15, -0.1) is 11.3 Å². The number of thiophene rings is 1. The maximum atomic E-state index is 12.1. The molecule has 0 atom stereocenters. The molecule has 0 radical (unpaired) electrons. The third-order valence-electron chi connectivity index (χ3n) is 2.57. The highest BCUT2D eigenvalue weighted by molar-refractivity contribution is 7.92. The summed E-state index contributed by atoms with van der Waals surface area (Å²) >= 11 is 0.867. The third-order valence-corrected chi connectivity index (χ3v) is 4.98. The number of nitrogens with zero attached hydrogens (tertiary/aromatic N) is 1. The molecular formula is C12H12N2O4S2. The lowest BCUT2D eigenvalue weighted by Crippen LogP contribution is -2.13. The van der Waals surface area contributed by atoms with E-state index in [1.807, 2.05) is 6.92 Å². The maximum Gasteiger partial charge on any atom is 0.345 e. The van der Waals surface area contributed by atoms with E-state index in [-0.39, 0.29) is 9.77 Å². The van der Waals surface area contributed by atoms with Crippen LogP contribution in [0.2, 0.25) is 0 Å². The van der Waals surface area contributed by atoms with Crippen molar-refractivity contribution >= 4 is 33.0 Å². The number of aromatic carboxylic acids is 1. The molecular weight excluding hydrogens is 300 g/mol. The quantitative estimate of drug-likeness (QED) is 0.902. The Morgan fingerprint density at radius 3 is 2.60 bits per heavy atom. The zero-order valence-electron chi connectivity index (χ0n) is 10.7. The van der Waals surface area contributed by atoms with Crippen molar-refractivity contribution in [2.24, 2.45) is 0 Å². The van der Waals surface area contributed by atoms with Crippen molar-refractivity contribution in [1.29, 1.82) is 0 Å². The van der Waals surface area contributed by atoms with Crippen LogP contribution in [0.25, 0.3) is 0 Å². The molecule has 0 amide bonds. The Bertz CT molecular complexity index is 766. The van der Waals surface area contributed by atoms with Gasteiger partial charge in [-0.2, -0.15) is 0 Å². The van der Waals surface area contributed by atoms with Crippen LogP contribution in [-0.4, -0.2) is 24.5 Å². The highest BCUT2D eigenvalue weighted by Gasteiger charge is 2.19. The van der Waals surface area contributed by atoms with Crippen LogP contribution in [0.3, 0.4) is 0 Å². The van der Waals surface area contributed by atoms with Crippen LogP contribution < -0.4 is 4.72 Å². The van der Waals surface area contributed by atoms with Crippen molar-refractivity contribution in [2.45, 2.75) is 18.7 Å². The fourth-order valence-electron chi connectivity index (χ4n) is 1.57. The van der Waals surface area contributed by atoms with E-state index < -0.39 is 16.0 Å². The summed E-state index contributed by atoms with van der Waals surface area (Å²) in [4.78, 5) is 14.8. The van der Waals surface area contributed by atoms with Crippen molar-refractivity contribution in [3.8, 4) is 0 Å². The normalized spacial score (nSPS) is 11.3. The van der Waals surface area contributed by atoms with Gasteiger partial charge in [-0.05, 0) is 32.0 Å². The van der Waals surface area contributed by atoms with Gasteiger partial charge in [-0.3, -0.25) is 9.71 Å². The zero-order chi connectivity index (χ0) is 14.9. The first-order chi connectivity index (χ1) is 9.29. The second-order valence-electron chi connectivity index (χ2n) is 4.14. The molecule has 8 heteroatoms. The number of sulfonamides is 1. The van der Waals surface area contributed by atoms with E-state index in [4.69, 9.17) is 5.11 Å². The Labute approximate surface area is 120 Å². The van der Waals surface area contributed by atoms with Crippen molar-refractivity contribution in [3.63, 3.8) is 0 Å². The number of hydrogen-bond acceptors (Lipinski definition) is 5. The minimum atomic E-state index is -3.80. The highest BCUT2D eigenvalue weighted by atomic mass is 32.2. The van der Waals surface area contributed by atoms with Gasteiger partial charge in [0, 0.05) is 11.1 Å². The molecule has 0 aliphatic heterocycles. The smallest absolute Gasteiger partial charge is 0.345 e. The largest absolute Gasteiger partial charge is 0.477 e. The SMILES string of the molecule is Cc1ccc(NS(=O)(=O)c2csc(C(=O)O)c2)c(C)n1. The van der Waals surface area contributed by atoms with E-state index in [1.165, 1.54) is 5.38 Å². The second-order valence-corrected chi connectivity index (χ2v) is 6.74. The number of carboxylic acid groups (broad SMARTS) is 1. The first kappa shape index (κ1) is 14.5. The number of pyridine rings is 1. The minimum absolute atomic E-state index is 0.0240. The molecule has 2 aromatic rings. The van der Waals surface area contributed by atoms with Crippen molar-refractivity contribution < 1.29 is 18.3 Å². The summed E-state index contributed by atoms with van der Waals surface area (Å²) in [6.07, 6.45) is 0. The third kappa shape index (κ3) is 2.97. The van der Waals surface area contributed by atoms with Gasteiger partial charge in [0.15, 0.2) is 0 Å². The van der Waals surface area contributed by atoms with Gasteiger partial charge >= 0.3 is 5.97 Å². The number of rotatable bonds is 4. The van der Waals surface area contributed by atoms with Crippen LogP contribution in [0.15, 0.2) is 28.5 Å². The molecule has 0 aliphatic carbocycles. The summed E-state index contributed by atoms with van der Waals surface area (Å²) in [5, 5.41) is 10.1. The summed E-state index contributed by atoms with van der Waals surface area (Å²) in [5.41, 5.74) is 1.72. The summed E-state index contributed by atoms with van der Waals surface area (Å²) in [7, 11) is -3.80. The Kier molecular flexibility index (Phi) is 3.78. The van der Waals surface area contributed by atoms with Gasteiger partial charge in [0.1, 0.15) is 4.88 Å². The molecule has 2 rings (SSSR count). The highest BCUT2D eigenvalue weighted by Crippen LogP contribution is 2.23. The lowest BCUT2D eigenvalue weighted by Gasteiger charge is -2.09. The van der Waals surface area contributed by atoms with Gasteiger partial charge in [0.2, 0.25) is 0 Å². The first-order valence-electron chi connectivity index (χ1n) is 5.58. The first-order valence-corrected chi connectivity index (χ1v) is 7.95. The average Bonchev–Trinajstić information content (AvgIpc) is 2.83. The Balaban J connectivity index is 2.33. The summed E-state index contributed by atoms with van der Waals surface area (Å²) < 4.78 is 26.7. The van der Waals surface area contributed by atoms with Gasteiger partial charge in [-0.25, -0.2) is 13.2 Å². The molecule has 106 valence electrons. The summed E-state index contributed by atoms with van der Waals surface area (Å²) in [6, 6.07) is 4.45. The second kappa shape index (κ2) is 5.22. The number of hydrogen-bond donors (Lipinski definition) is 2. The molecule has 20 heavy (non-hydrogen) atoms. The Morgan fingerprint density at radius 2 is 2.05 bits per heavy atom. The van der Waals surface area contributed by atoms with Crippen molar-refractivity contribution in [3.05, 3.63) is 39.8 Å². The number of anilines is 1. The van der Waals surface area contributed by atoms with Crippen molar-refractivity contribution in [2.75, 3.05) is 4.72 Å². The minimum Gasteiger partial charge on any atom is -0.477 e. The van der Waals surface area contributed by atoms with Gasteiger partial charge in [0.25, 0.3) is 10.0 Å². The topological polar surface area (TPSA) is 96.4 Å². The van der Waals surface area contributed by atoms with E-state index in [0.717, 1.165) is 23.1 Å². The molecule has 2 N–H and O–H groups in total. The van der Waals surface area contributed by atoms with Gasteiger partial charge < -0.3 is 5.11 Å². The maximum absolute atomic E-state index is 12.1. The molecule has 0 spiro atoms. The number of nitrogens with one attached hydrogen (secondary N) is 1. The lowest BCUT2D eigenvalue weighted by molar-refractivity contribution is 0.0702. The number of aryl methyl sites for hydroxylation is 2. The Hall–Kier alpha value is -1.93. The van der Waals surface area contributed by atoms with E-state index in [0.29, 0.717) is 11.4 Å². The Morgan fingerprint density at radius 1 is 1.35 bits per heavy atom. The molecule has 0 bridgehead atoms. The molecule has 0 unspecified atom stereocenters. The van der Waals surface area contributed by atoms with E-state index in [2.05, 4.69) is 9.71 Å². The van der Waals surface area contributed by atoms with Gasteiger partial charge in [-0.1, -0.05) is 0 Å². The predicted molar refractivity (Wildman–Crippen MR) is 75.8 cm³/mol. The standard InChI is InChI=1S/C12H12N2O4S2/c1-7-3-4-10(8(2)13-7)14-20(17,18)9-5-11(12(15)16)19-6-9/h3-6,14H,1-2H3,(H,15,16). The summed E-state index contributed by atoms with van der Waals surface area (Å²) in [6.45, 7) is 3.50. The molecule has 0 saturated carbocycles. The fourth-order valence-corrected chi connectivity index (χ4v) is 3.80. The van der Waals surface area contributed by atoms with E-state index in [9.17, 15) is 13.2 Å². The molecule has 0 aromatic carbocycles. The van der Waals surface area contributed by atoms with Crippen molar-refractivity contribution in [1.82, 2.24) is 4.98 Å². The van der Waals surface area contributed by atoms with Crippen LogP contribution in [-0.2, 0) is 10.0 Å². The monoisotopic (exact) mass is 312 g/mol. The van der Waals surface area contributed by atoms with Crippen LogP contribution in [0.4, 0.5) is 5.69 Å². The lowest BCUT2D eigenvalue weighted by atomic mass is 10.3. The van der Waals surface area contributed by atoms with E-state index >= 15 is 0 Å². The molecule has 0 fully saturated rings. The number of aromatic nitrogens is 1. The predicted octanol–water partition coefficient (Wildman–Crippen LogP) is 2.26.